The molecule has 0 spiro atoms. The van der Waals surface area contributed by atoms with Crippen molar-refractivity contribution in [1.82, 2.24) is 24.2 Å². The van der Waals surface area contributed by atoms with Gasteiger partial charge in [-0.05, 0) is 44.0 Å². The Morgan fingerprint density at radius 2 is 2.00 bits per heavy atom. The lowest BCUT2D eigenvalue weighted by atomic mass is 10.0. The molecule has 1 saturated heterocycles. The van der Waals surface area contributed by atoms with Crippen LogP contribution in [0, 0.1) is 5.82 Å². The molecule has 0 atom stereocenters. The second kappa shape index (κ2) is 7.06. The molecule has 1 amide bonds. The zero-order valence-corrected chi connectivity index (χ0v) is 15.4. The minimum atomic E-state index is -0.531. The SMILES string of the molecule is CCn1nccc1C(=O)N1CCC(n2c(=O)[nH]c3ccc(F)cc3c2=O)CC1. The van der Waals surface area contributed by atoms with Gasteiger partial charge in [-0.3, -0.25) is 18.8 Å². The molecule has 1 aliphatic rings. The van der Waals surface area contributed by atoms with Crippen LogP contribution in [0.2, 0.25) is 0 Å². The van der Waals surface area contributed by atoms with E-state index in [1.165, 1.54) is 12.1 Å². The first kappa shape index (κ1) is 18.1. The number of carbonyl (C=O) groups excluding carboxylic acids is 1. The van der Waals surface area contributed by atoms with E-state index in [2.05, 4.69) is 10.1 Å². The Labute approximate surface area is 159 Å². The number of rotatable bonds is 3. The van der Waals surface area contributed by atoms with Gasteiger partial charge >= 0.3 is 5.69 Å². The van der Waals surface area contributed by atoms with Crippen LogP contribution in [-0.4, -0.2) is 43.2 Å². The second-order valence-corrected chi connectivity index (χ2v) is 6.85. The van der Waals surface area contributed by atoms with Gasteiger partial charge in [0.25, 0.3) is 11.5 Å². The number of nitrogens with zero attached hydrogens (tertiary/aromatic N) is 4. The molecule has 8 nitrogen and oxygen atoms in total. The van der Waals surface area contributed by atoms with Gasteiger partial charge in [-0.25, -0.2) is 9.18 Å². The smallest absolute Gasteiger partial charge is 0.329 e. The largest absolute Gasteiger partial charge is 0.337 e. The molecular weight excluding hydrogens is 365 g/mol. The van der Waals surface area contributed by atoms with Crippen molar-refractivity contribution >= 4 is 16.8 Å². The quantitative estimate of drug-likeness (QED) is 0.740. The number of halogens is 1. The van der Waals surface area contributed by atoms with Crippen molar-refractivity contribution in [3.63, 3.8) is 0 Å². The third-order valence-electron chi connectivity index (χ3n) is 5.24. The summed E-state index contributed by atoms with van der Waals surface area (Å²) in [4.78, 5) is 42.3. The van der Waals surface area contributed by atoms with Gasteiger partial charge < -0.3 is 9.88 Å². The summed E-state index contributed by atoms with van der Waals surface area (Å²) in [5.74, 6) is -0.643. The monoisotopic (exact) mass is 385 g/mol. The number of aromatic nitrogens is 4. The molecule has 3 aromatic rings. The lowest BCUT2D eigenvalue weighted by molar-refractivity contribution is 0.0679. The van der Waals surface area contributed by atoms with Crippen LogP contribution in [0.25, 0.3) is 10.9 Å². The first-order valence-electron chi connectivity index (χ1n) is 9.24. The summed E-state index contributed by atoms with van der Waals surface area (Å²) >= 11 is 0. The average Bonchev–Trinajstić information content (AvgIpc) is 3.17. The summed E-state index contributed by atoms with van der Waals surface area (Å²) in [5.41, 5.74) is -0.185. The Morgan fingerprint density at radius 1 is 1.25 bits per heavy atom. The first-order valence-corrected chi connectivity index (χ1v) is 9.24. The van der Waals surface area contributed by atoms with Gasteiger partial charge in [0.05, 0.1) is 10.9 Å². The number of fused-ring (bicyclic) bond motifs is 1. The standard InChI is InChI=1S/C19H20FN5O3/c1-2-24-16(5-8-21-24)18(27)23-9-6-13(7-10-23)25-17(26)14-11-12(20)3-4-15(14)22-19(25)28/h3-5,8,11,13H,2,6-7,9-10H2,1H3,(H,22,28). The van der Waals surface area contributed by atoms with Crippen LogP contribution < -0.4 is 11.2 Å². The summed E-state index contributed by atoms with van der Waals surface area (Å²) < 4.78 is 16.3. The van der Waals surface area contributed by atoms with Crippen LogP contribution in [0.3, 0.4) is 0 Å². The van der Waals surface area contributed by atoms with Crippen molar-refractivity contribution in [2.24, 2.45) is 0 Å². The zero-order valence-electron chi connectivity index (χ0n) is 15.4. The number of piperidine rings is 1. The molecule has 4 rings (SSSR count). The van der Waals surface area contributed by atoms with E-state index in [9.17, 15) is 18.8 Å². The van der Waals surface area contributed by atoms with Gasteiger partial charge in [0.15, 0.2) is 0 Å². The molecule has 146 valence electrons. The summed E-state index contributed by atoms with van der Waals surface area (Å²) in [5, 5.41) is 4.26. The van der Waals surface area contributed by atoms with E-state index in [4.69, 9.17) is 0 Å². The summed E-state index contributed by atoms with van der Waals surface area (Å²) in [7, 11) is 0. The van der Waals surface area contributed by atoms with Gasteiger partial charge in [0.2, 0.25) is 0 Å². The maximum atomic E-state index is 13.5. The van der Waals surface area contributed by atoms with Crippen molar-refractivity contribution in [3.05, 3.63) is 62.8 Å². The fraction of sp³-hybridized carbons (Fsp3) is 0.368. The number of nitrogens with one attached hydrogen (secondary N) is 1. The number of carbonyl (C=O) groups is 1. The highest BCUT2D eigenvalue weighted by molar-refractivity contribution is 5.92. The highest BCUT2D eigenvalue weighted by atomic mass is 19.1. The van der Waals surface area contributed by atoms with Crippen molar-refractivity contribution in [1.29, 1.82) is 0 Å². The van der Waals surface area contributed by atoms with Gasteiger partial charge in [-0.15, -0.1) is 0 Å². The van der Waals surface area contributed by atoms with Crippen LogP contribution in [0.15, 0.2) is 40.1 Å². The number of likely N-dealkylation sites (tertiary alicyclic amines) is 1. The lowest BCUT2D eigenvalue weighted by Gasteiger charge is -2.32. The first-order chi connectivity index (χ1) is 13.5. The number of aromatic amines is 1. The normalized spacial score (nSPS) is 15.3. The van der Waals surface area contributed by atoms with Crippen LogP contribution in [0.4, 0.5) is 4.39 Å². The molecule has 0 aliphatic carbocycles. The van der Waals surface area contributed by atoms with Gasteiger partial charge in [-0.2, -0.15) is 5.10 Å². The van der Waals surface area contributed by atoms with E-state index in [0.29, 0.717) is 43.7 Å². The molecule has 0 radical (unpaired) electrons. The van der Waals surface area contributed by atoms with Crippen LogP contribution in [0.5, 0.6) is 0 Å². The Morgan fingerprint density at radius 3 is 2.71 bits per heavy atom. The number of hydrogen-bond donors (Lipinski definition) is 1. The lowest BCUT2D eigenvalue weighted by Crippen LogP contribution is -2.45. The maximum Gasteiger partial charge on any atom is 0.329 e. The summed E-state index contributed by atoms with van der Waals surface area (Å²) in [6.07, 6.45) is 2.53. The fourth-order valence-corrected chi connectivity index (χ4v) is 3.79. The van der Waals surface area contributed by atoms with E-state index in [0.717, 1.165) is 10.6 Å². The topological polar surface area (TPSA) is 93.0 Å². The molecule has 1 aliphatic heterocycles. The van der Waals surface area contributed by atoms with E-state index >= 15 is 0 Å². The third-order valence-corrected chi connectivity index (χ3v) is 5.24. The summed E-state index contributed by atoms with van der Waals surface area (Å²) in [6.45, 7) is 3.36. The Hall–Kier alpha value is -3.23. The highest BCUT2D eigenvalue weighted by Gasteiger charge is 2.28. The van der Waals surface area contributed by atoms with E-state index < -0.39 is 17.1 Å². The highest BCUT2D eigenvalue weighted by Crippen LogP contribution is 2.22. The minimum Gasteiger partial charge on any atom is -0.337 e. The van der Waals surface area contributed by atoms with Crippen LogP contribution in [-0.2, 0) is 6.54 Å². The number of amides is 1. The molecule has 3 heterocycles. The van der Waals surface area contributed by atoms with Gasteiger partial charge in [0, 0.05) is 31.9 Å². The average molecular weight is 385 g/mol. The zero-order chi connectivity index (χ0) is 19.8. The maximum absolute atomic E-state index is 13.5. The summed E-state index contributed by atoms with van der Waals surface area (Å²) in [6, 6.07) is 5.06. The molecule has 0 bridgehead atoms. The Balaban J connectivity index is 1.58. The second-order valence-electron chi connectivity index (χ2n) is 6.85. The van der Waals surface area contributed by atoms with Crippen molar-refractivity contribution in [2.75, 3.05) is 13.1 Å². The molecular formula is C19H20FN5O3. The molecule has 1 fully saturated rings. The molecule has 28 heavy (non-hydrogen) atoms. The van der Waals surface area contributed by atoms with Crippen molar-refractivity contribution in [3.8, 4) is 0 Å². The minimum absolute atomic E-state index is 0.111. The molecule has 1 aromatic carbocycles. The number of H-pyrrole nitrogens is 1. The van der Waals surface area contributed by atoms with Crippen molar-refractivity contribution < 1.29 is 9.18 Å². The van der Waals surface area contributed by atoms with Gasteiger partial charge in [-0.1, -0.05) is 0 Å². The molecule has 2 aromatic heterocycles. The fourth-order valence-electron chi connectivity index (χ4n) is 3.79. The predicted octanol–water partition coefficient (Wildman–Crippen LogP) is 1.52. The van der Waals surface area contributed by atoms with E-state index in [1.54, 1.807) is 21.8 Å². The third kappa shape index (κ3) is 3.02. The van der Waals surface area contributed by atoms with Crippen molar-refractivity contribution in [2.45, 2.75) is 32.4 Å². The van der Waals surface area contributed by atoms with Crippen LogP contribution >= 0.6 is 0 Å². The molecule has 0 saturated carbocycles. The van der Waals surface area contributed by atoms with E-state index in [-0.39, 0.29) is 17.3 Å². The molecule has 9 heteroatoms. The van der Waals surface area contributed by atoms with E-state index in [1.807, 2.05) is 6.92 Å². The molecule has 0 unspecified atom stereocenters. The van der Waals surface area contributed by atoms with Gasteiger partial charge in [0.1, 0.15) is 11.5 Å². The number of benzene rings is 1. The number of hydrogen-bond acceptors (Lipinski definition) is 4. The van der Waals surface area contributed by atoms with Crippen LogP contribution in [0.1, 0.15) is 36.3 Å². The Bertz CT molecular complexity index is 1150. The molecule has 1 N–H and O–H groups in total. The number of aryl methyl sites for hydroxylation is 1. The predicted molar refractivity (Wildman–Crippen MR) is 101 cm³/mol. The Kier molecular flexibility index (Phi) is 4.58.